The minimum atomic E-state index is -0.783. The maximum Gasteiger partial charge on any atom is 0.150 e. The van der Waals surface area contributed by atoms with Crippen LogP contribution < -0.4 is 5.32 Å². The van der Waals surface area contributed by atoms with E-state index in [2.05, 4.69) is 5.32 Å². The van der Waals surface area contributed by atoms with Gasteiger partial charge in [0.05, 0.1) is 17.7 Å². The number of nitrogens with one attached hydrogen (secondary N) is 1. The molecule has 1 saturated carbocycles. The molecule has 124 valence electrons. The predicted molar refractivity (Wildman–Crippen MR) is 80.8 cm³/mol. The molecular formula is C17H20F2N2O2. The molecule has 2 N–H and O–H groups in total. The van der Waals surface area contributed by atoms with E-state index in [9.17, 15) is 13.9 Å². The van der Waals surface area contributed by atoms with Gasteiger partial charge in [-0.25, -0.2) is 8.78 Å². The number of nitrogens with zero attached hydrogens (tertiary/aromatic N) is 1. The molecule has 2 fully saturated rings. The van der Waals surface area contributed by atoms with Gasteiger partial charge in [0.15, 0.2) is 11.6 Å². The minimum Gasteiger partial charge on any atom is -0.392 e. The summed E-state index contributed by atoms with van der Waals surface area (Å²) in [4.78, 5) is 0. The number of benzene rings is 1. The van der Waals surface area contributed by atoms with Crippen molar-refractivity contribution in [3.63, 3.8) is 0 Å². The van der Waals surface area contributed by atoms with Crippen LogP contribution in [0.15, 0.2) is 12.1 Å². The van der Waals surface area contributed by atoms with Crippen molar-refractivity contribution in [2.75, 3.05) is 25.1 Å². The second-order valence-electron chi connectivity index (χ2n) is 6.53. The number of ether oxygens (including phenoxy) is 1. The van der Waals surface area contributed by atoms with Crippen LogP contribution in [0, 0.1) is 34.3 Å². The van der Waals surface area contributed by atoms with E-state index in [4.69, 9.17) is 10.00 Å². The molecule has 0 amide bonds. The second-order valence-corrected chi connectivity index (χ2v) is 6.53. The number of nitriles is 1. The van der Waals surface area contributed by atoms with E-state index in [1.807, 2.05) is 0 Å². The highest BCUT2D eigenvalue weighted by Gasteiger charge is 2.48. The number of aliphatic hydroxyl groups is 1. The molecular weight excluding hydrogens is 302 g/mol. The van der Waals surface area contributed by atoms with Gasteiger partial charge < -0.3 is 15.2 Å². The highest BCUT2D eigenvalue weighted by Crippen LogP contribution is 2.48. The first-order chi connectivity index (χ1) is 11.1. The molecule has 4 nitrogen and oxygen atoms in total. The summed E-state index contributed by atoms with van der Waals surface area (Å²) in [5, 5.41) is 22.1. The molecule has 2 aliphatic rings. The number of halogens is 2. The molecule has 1 aromatic rings. The van der Waals surface area contributed by atoms with Gasteiger partial charge in [-0.3, -0.25) is 0 Å². The molecule has 1 aliphatic heterocycles. The minimum absolute atomic E-state index is 0.0393. The summed E-state index contributed by atoms with van der Waals surface area (Å²) in [5.41, 5.74) is -0.386. The van der Waals surface area contributed by atoms with Crippen LogP contribution in [0.5, 0.6) is 0 Å². The number of hydrogen-bond donors (Lipinski definition) is 2. The number of aliphatic hydroxyl groups excluding tert-OH is 1. The molecule has 1 aromatic carbocycles. The van der Waals surface area contributed by atoms with Gasteiger partial charge in [0, 0.05) is 31.1 Å². The second kappa shape index (κ2) is 6.42. The normalized spacial score (nSPS) is 26.2. The topological polar surface area (TPSA) is 65.3 Å². The van der Waals surface area contributed by atoms with E-state index in [0.717, 1.165) is 37.8 Å². The summed E-state index contributed by atoms with van der Waals surface area (Å²) >= 11 is 0. The van der Waals surface area contributed by atoms with Crippen molar-refractivity contribution in [1.29, 1.82) is 5.26 Å². The highest BCUT2D eigenvalue weighted by molar-refractivity contribution is 5.50. The third-order valence-electron chi connectivity index (χ3n) is 5.29. The van der Waals surface area contributed by atoms with Gasteiger partial charge >= 0.3 is 0 Å². The van der Waals surface area contributed by atoms with Crippen molar-refractivity contribution in [3.05, 3.63) is 29.3 Å². The van der Waals surface area contributed by atoms with E-state index >= 15 is 0 Å². The molecule has 0 aromatic heterocycles. The van der Waals surface area contributed by atoms with Gasteiger partial charge in [0.2, 0.25) is 0 Å². The molecule has 0 radical (unpaired) electrons. The SMILES string of the molecule is N#Cc1cc(F)c(NC[C@H]2CCC3(CCOCC3)[C@H]2O)c(F)c1. The molecule has 6 heteroatoms. The van der Waals surface area contributed by atoms with Crippen LogP contribution in [-0.2, 0) is 4.74 Å². The monoisotopic (exact) mass is 322 g/mol. The Bertz CT molecular complexity index is 601. The smallest absolute Gasteiger partial charge is 0.150 e. The van der Waals surface area contributed by atoms with Crippen LogP contribution in [0.2, 0.25) is 0 Å². The Kier molecular flexibility index (Phi) is 4.51. The molecule has 0 bridgehead atoms. The van der Waals surface area contributed by atoms with Crippen LogP contribution >= 0.6 is 0 Å². The van der Waals surface area contributed by atoms with Crippen molar-refractivity contribution in [1.82, 2.24) is 0 Å². The van der Waals surface area contributed by atoms with E-state index in [-0.39, 0.29) is 22.6 Å². The fraction of sp³-hybridized carbons (Fsp3) is 0.588. The van der Waals surface area contributed by atoms with E-state index in [1.54, 1.807) is 6.07 Å². The van der Waals surface area contributed by atoms with Gasteiger partial charge in [0.1, 0.15) is 5.69 Å². The third-order valence-corrected chi connectivity index (χ3v) is 5.29. The lowest BCUT2D eigenvalue weighted by Crippen LogP contribution is -2.40. The van der Waals surface area contributed by atoms with Crippen LogP contribution in [0.3, 0.4) is 0 Å². The van der Waals surface area contributed by atoms with Crippen LogP contribution in [0.1, 0.15) is 31.2 Å². The Morgan fingerprint density at radius 1 is 1.26 bits per heavy atom. The van der Waals surface area contributed by atoms with Gasteiger partial charge in [-0.2, -0.15) is 5.26 Å². The fourth-order valence-corrected chi connectivity index (χ4v) is 3.86. The molecule has 0 unspecified atom stereocenters. The molecule has 2 atom stereocenters. The summed E-state index contributed by atoms with van der Waals surface area (Å²) in [5.74, 6) is -1.60. The van der Waals surface area contributed by atoms with Crippen LogP contribution in [0.4, 0.5) is 14.5 Å². The van der Waals surface area contributed by atoms with Crippen molar-refractivity contribution in [2.45, 2.75) is 31.8 Å². The van der Waals surface area contributed by atoms with E-state index in [0.29, 0.717) is 19.8 Å². The Morgan fingerprint density at radius 3 is 2.52 bits per heavy atom. The average Bonchev–Trinajstić information content (AvgIpc) is 2.84. The summed E-state index contributed by atoms with van der Waals surface area (Å²) in [6, 6.07) is 3.74. The van der Waals surface area contributed by atoms with Crippen molar-refractivity contribution in [3.8, 4) is 6.07 Å². The molecule has 23 heavy (non-hydrogen) atoms. The third kappa shape index (κ3) is 3.04. The van der Waals surface area contributed by atoms with Gasteiger partial charge in [-0.15, -0.1) is 0 Å². The molecule has 1 saturated heterocycles. The maximum atomic E-state index is 13.9. The first-order valence-corrected chi connectivity index (χ1v) is 7.94. The summed E-state index contributed by atoms with van der Waals surface area (Å²) < 4.78 is 33.1. The standard InChI is InChI=1S/C17H20F2N2O2/c18-13-7-11(9-20)8-14(19)15(13)21-10-12-1-2-17(16(12)22)3-5-23-6-4-17/h7-8,12,16,21-22H,1-6,10H2/t12-,16+/m1/s1. The number of anilines is 1. The zero-order chi connectivity index (χ0) is 16.4. The van der Waals surface area contributed by atoms with Crippen LogP contribution in [-0.4, -0.2) is 31.0 Å². The average molecular weight is 322 g/mol. The largest absolute Gasteiger partial charge is 0.392 e. The molecule has 1 heterocycles. The van der Waals surface area contributed by atoms with Crippen molar-refractivity contribution >= 4 is 5.69 Å². The Balaban J connectivity index is 1.67. The first kappa shape index (κ1) is 16.2. The van der Waals surface area contributed by atoms with Crippen molar-refractivity contribution in [2.24, 2.45) is 11.3 Å². The number of rotatable bonds is 3. The first-order valence-electron chi connectivity index (χ1n) is 7.94. The Hall–Kier alpha value is -1.71. The predicted octanol–water partition coefficient (Wildman–Crippen LogP) is 2.82. The zero-order valence-corrected chi connectivity index (χ0v) is 12.8. The van der Waals surface area contributed by atoms with Gasteiger partial charge in [-0.05, 0) is 37.8 Å². The van der Waals surface area contributed by atoms with Gasteiger partial charge in [-0.1, -0.05) is 0 Å². The Labute approximate surface area is 134 Å². The summed E-state index contributed by atoms with van der Waals surface area (Å²) in [6.07, 6.45) is 2.94. The van der Waals surface area contributed by atoms with Gasteiger partial charge in [0.25, 0.3) is 0 Å². The molecule has 3 rings (SSSR count). The van der Waals surface area contributed by atoms with E-state index < -0.39 is 17.7 Å². The van der Waals surface area contributed by atoms with E-state index in [1.165, 1.54) is 0 Å². The lowest BCUT2D eigenvalue weighted by Gasteiger charge is -2.37. The zero-order valence-electron chi connectivity index (χ0n) is 12.8. The lowest BCUT2D eigenvalue weighted by atomic mass is 9.76. The Morgan fingerprint density at radius 2 is 1.91 bits per heavy atom. The number of hydrogen-bond acceptors (Lipinski definition) is 4. The highest BCUT2D eigenvalue weighted by atomic mass is 19.1. The molecule has 1 aliphatic carbocycles. The summed E-state index contributed by atoms with van der Waals surface area (Å²) in [6.45, 7) is 1.63. The summed E-state index contributed by atoms with van der Waals surface area (Å²) in [7, 11) is 0. The van der Waals surface area contributed by atoms with Crippen LogP contribution in [0.25, 0.3) is 0 Å². The molecule has 1 spiro atoms. The maximum absolute atomic E-state index is 13.9. The lowest BCUT2D eigenvalue weighted by molar-refractivity contribution is -0.0545. The fourth-order valence-electron chi connectivity index (χ4n) is 3.86. The van der Waals surface area contributed by atoms with Crippen molar-refractivity contribution < 1.29 is 18.6 Å². The quantitative estimate of drug-likeness (QED) is 0.898.